The fraction of sp³-hybridized carbons (Fsp3) is 0.476. The van der Waals surface area contributed by atoms with Crippen LogP contribution in [0.25, 0.3) is 0 Å². The van der Waals surface area contributed by atoms with Crippen molar-refractivity contribution in [1.29, 1.82) is 0 Å². The number of anilines is 1. The fourth-order valence-electron chi connectivity index (χ4n) is 3.37. The number of Topliss-reactive ketones (excluding diaryl/α,β-unsaturated/α-hetero) is 1. The Morgan fingerprint density at radius 1 is 1.17 bits per heavy atom. The number of ether oxygens (including phenoxy) is 1. The topological polar surface area (TPSA) is 143 Å². The minimum Gasteiger partial charge on any atom is -0.440 e. The van der Waals surface area contributed by atoms with Crippen molar-refractivity contribution in [3.8, 4) is 0 Å². The molecule has 2 fully saturated rings. The van der Waals surface area contributed by atoms with Crippen molar-refractivity contribution in [2.24, 2.45) is 5.92 Å². The summed E-state index contributed by atoms with van der Waals surface area (Å²) in [7, 11) is 0. The van der Waals surface area contributed by atoms with Crippen LogP contribution in [-0.2, 0) is 19.1 Å². The second-order valence-corrected chi connectivity index (χ2v) is 8.59. The maximum atomic E-state index is 13.0. The van der Waals surface area contributed by atoms with Crippen LogP contribution in [0.2, 0.25) is 5.02 Å². The molecule has 4 N–H and O–H groups in total. The molecule has 35 heavy (non-hydrogen) atoms. The Bertz CT molecular complexity index is 1030. The van der Waals surface area contributed by atoms with Gasteiger partial charge in [-0.2, -0.15) is 13.2 Å². The molecule has 0 bridgehead atoms. The van der Waals surface area contributed by atoms with Crippen LogP contribution in [0.4, 0.5) is 23.7 Å². The van der Waals surface area contributed by atoms with Crippen molar-refractivity contribution in [3.63, 3.8) is 0 Å². The normalized spacial score (nSPS) is 18.3. The van der Waals surface area contributed by atoms with Crippen molar-refractivity contribution in [1.82, 2.24) is 16.0 Å². The first-order chi connectivity index (χ1) is 16.4. The van der Waals surface area contributed by atoms with Gasteiger partial charge in [-0.25, -0.2) is 4.79 Å². The minimum atomic E-state index is -4.75. The summed E-state index contributed by atoms with van der Waals surface area (Å²) in [4.78, 5) is 61.9. The van der Waals surface area contributed by atoms with E-state index >= 15 is 0 Å². The number of alkyl halides is 3. The lowest BCUT2D eigenvalue weighted by Crippen LogP contribution is -2.49. The number of carbonyl (C=O) groups is 5. The van der Waals surface area contributed by atoms with E-state index in [1.165, 1.54) is 6.07 Å². The average Bonchev–Trinajstić information content (AvgIpc) is 3.51. The smallest absolute Gasteiger partial charge is 0.422 e. The molecule has 0 radical (unpaired) electrons. The molecule has 1 unspecified atom stereocenters. The quantitative estimate of drug-likeness (QED) is 0.368. The zero-order valence-electron chi connectivity index (χ0n) is 18.2. The van der Waals surface area contributed by atoms with E-state index in [1.807, 2.05) is 5.32 Å². The van der Waals surface area contributed by atoms with Crippen LogP contribution in [0, 0.1) is 5.92 Å². The molecule has 1 saturated carbocycles. The van der Waals surface area contributed by atoms with Crippen LogP contribution < -0.4 is 21.3 Å². The van der Waals surface area contributed by atoms with Crippen LogP contribution in [0.5, 0.6) is 0 Å². The van der Waals surface area contributed by atoms with E-state index in [-0.39, 0.29) is 34.6 Å². The fourth-order valence-corrected chi connectivity index (χ4v) is 3.54. The van der Waals surface area contributed by atoms with Gasteiger partial charge in [-0.1, -0.05) is 11.6 Å². The number of ketones is 1. The van der Waals surface area contributed by atoms with Gasteiger partial charge in [-0.3, -0.25) is 24.5 Å². The summed E-state index contributed by atoms with van der Waals surface area (Å²) in [5.74, 6) is -3.75. The maximum Gasteiger partial charge on any atom is 0.422 e. The summed E-state index contributed by atoms with van der Waals surface area (Å²) in [5.41, 5.74) is -0.538. The molecule has 10 nitrogen and oxygen atoms in total. The van der Waals surface area contributed by atoms with Crippen molar-refractivity contribution in [2.75, 3.05) is 18.5 Å². The number of benzene rings is 1. The Hall–Kier alpha value is -3.35. The summed E-state index contributed by atoms with van der Waals surface area (Å²) in [6.45, 7) is -1.46. The lowest BCUT2D eigenvalue weighted by Gasteiger charge is -2.20. The number of hydrogen-bond acceptors (Lipinski definition) is 6. The largest absolute Gasteiger partial charge is 0.440 e. The van der Waals surface area contributed by atoms with Gasteiger partial charge in [0.25, 0.3) is 11.8 Å². The van der Waals surface area contributed by atoms with Crippen LogP contribution >= 0.6 is 11.6 Å². The lowest BCUT2D eigenvalue weighted by molar-refractivity contribution is -0.159. The van der Waals surface area contributed by atoms with Crippen LogP contribution in [0.15, 0.2) is 18.2 Å². The molecule has 4 amide bonds. The molecular formula is C21H22ClF3N4O6. The molecule has 1 saturated heterocycles. The molecule has 0 aromatic heterocycles. The van der Waals surface area contributed by atoms with Gasteiger partial charge in [0, 0.05) is 23.5 Å². The Balaban J connectivity index is 1.76. The molecule has 3 rings (SSSR count). The number of carbonyl (C=O) groups excluding carboxylic acids is 5. The third-order valence-electron chi connectivity index (χ3n) is 5.27. The van der Waals surface area contributed by atoms with Gasteiger partial charge < -0.3 is 20.7 Å². The van der Waals surface area contributed by atoms with Crippen molar-refractivity contribution < 1.29 is 41.9 Å². The number of hydrogen-bond donors (Lipinski definition) is 4. The van der Waals surface area contributed by atoms with Gasteiger partial charge in [-0.05, 0) is 43.9 Å². The highest BCUT2D eigenvalue weighted by molar-refractivity contribution is 6.38. The van der Waals surface area contributed by atoms with Crippen LogP contribution in [0.1, 0.15) is 36.0 Å². The molecule has 2 aliphatic rings. The van der Waals surface area contributed by atoms with E-state index in [4.69, 9.17) is 11.6 Å². The zero-order chi connectivity index (χ0) is 25.8. The van der Waals surface area contributed by atoms with E-state index in [1.54, 1.807) is 0 Å². The van der Waals surface area contributed by atoms with E-state index < -0.39 is 48.4 Å². The molecule has 1 aromatic rings. The van der Waals surface area contributed by atoms with Gasteiger partial charge in [0.05, 0.1) is 17.3 Å². The summed E-state index contributed by atoms with van der Waals surface area (Å²) < 4.78 is 41.0. The first kappa shape index (κ1) is 26.3. The van der Waals surface area contributed by atoms with Gasteiger partial charge in [-0.15, -0.1) is 0 Å². The molecule has 14 heteroatoms. The molecule has 1 aliphatic carbocycles. The number of rotatable bonds is 9. The summed E-state index contributed by atoms with van der Waals surface area (Å²) in [6, 6.07) is 2.05. The summed E-state index contributed by atoms with van der Waals surface area (Å²) in [6.07, 6.45) is -4.52. The number of nitrogens with one attached hydrogen (secondary N) is 4. The first-order valence-electron chi connectivity index (χ1n) is 10.7. The molecule has 190 valence electrons. The van der Waals surface area contributed by atoms with Gasteiger partial charge in [0.1, 0.15) is 0 Å². The highest BCUT2D eigenvalue weighted by Gasteiger charge is 2.36. The van der Waals surface area contributed by atoms with Crippen molar-refractivity contribution in [3.05, 3.63) is 28.8 Å². The third-order valence-corrected chi connectivity index (χ3v) is 5.51. The summed E-state index contributed by atoms with van der Waals surface area (Å²) >= 11 is 5.93. The Morgan fingerprint density at radius 2 is 1.89 bits per heavy atom. The van der Waals surface area contributed by atoms with Gasteiger partial charge in [0.15, 0.2) is 6.61 Å². The standard InChI is InChI=1S/C21H22ClF3N4O6/c22-11-1-4-14(29-20(34)35-9-21(23,24)25)13(8-11)18(32)28-15(7-10-5-6-26-17(10)31)16(30)19(33)27-12-2-3-12/h1,4,8,10,12,15H,2-3,5-7,9H2,(H,26,31)(H,27,33)(H,28,32)(H,29,34)/t10-,15?/m0/s1. The second-order valence-electron chi connectivity index (χ2n) is 8.16. The van der Waals surface area contributed by atoms with E-state index in [2.05, 4.69) is 20.7 Å². The SMILES string of the molecule is O=C(Nc1ccc(Cl)cc1C(=O)NC(C[C@@H]1CCNC1=O)C(=O)C(=O)NC1CC1)OCC(F)(F)F. The van der Waals surface area contributed by atoms with Gasteiger partial charge in [0.2, 0.25) is 11.7 Å². The highest BCUT2D eigenvalue weighted by Crippen LogP contribution is 2.24. The monoisotopic (exact) mass is 518 g/mol. The van der Waals surface area contributed by atoms with Crippen LogP contribution in [0.3, 0.4) is 0 Å². The number of amides is 4. The predicted molar refractivity (Wildman–Crippen MR) is 116 cm³/mol. The Labute approximate surface area is 202 Å². The molecular weight excluding hydrogens is 497 g/mol. The zero-order valence-corrected chi connectivity index (χ0v) is 18.9. The lowest BCUT2D eigenvalue weighted by atomic mass is 9.95. The molecule has 2 atom stereocenters. The predicted octanol–water partition coefficient (Wildman–Crippen LogP) is 1.92. The molecule has 1 heterocycles. The Morgan fingerprint density at radius 3 is 2.49 bits per heavy atom. The van der Waals surface area contributed by atoms with Crippen molar-refractivity contribution in [2.45, 2.75) is 43.9 Å². The molecule has 1 aromatic carbocycles. The first-order valence-corrected chi connectivity index (χ1v) is 11.0. The number of halogens is 4. The Kier molecular flexibility index (Phi) is 8.20. The highest BCUT2D eigenvalue weighted by atomic mass is 35.5. The van der Waals surface area contributed by atoms with Gasteiger partial charge >= 0.3 is 12.3 Å². The van der Waals surface area contributed by atoms with E-state index in [0.717, 1.165) is 25.0 Å². The molecule has 0 spiro atoms. The average molecular weight is 519 g/mol. The van der Waals surface area contributed by atoms with Crippen molar-refractivity contribution >= 4 is 46.9 Å². The molecule has 1 aliphatic heterocycles. The third kappa shape index (κ3) is 7.84. The van der Waals surface area contributed by atoms with E-state index in [9.17, 15) is 37.1 Å². The second kappa shape index (κ2) is 10.9. The maximum absolute atomic E-state index is 13.0. The van der Waals surface area contributed by atoms with Crippen LogP contribution in [-0.4, -0.2) is 61.0 Å². The minimum absolute atomic E-state index is 0.0499. The van der Waals surface area contributed by atoms with E-state index in [0.29, 0.717) is 13.0 Å². The summed E-state index contributed by atoms with van der Waals surface area (Å²) in [5, 5.41) is 9.60.